The van der Waals surface area contributed by atoms with Crippen LogP contribution < -0.4 is 16.4 Å². The largest absolute Gasteiger partial charge is 0.605 e. The average Bonchev–Trinajstić information content (AvgIpc) is 2.61. The van der Waals surface area contributed by atoms with Gasteiger partial charge in [-0.1, -0.05) is 12.1 Å². The monoisotopic (exact) mass is 385 g/mol. The molecule has 2 atom stereocenters. The number of nitrogens with two attached hydrogens (primary N) is 1. The smallest absolute Gasteiger partial charge is 0.424 e. The lowest BCUT2D eigenvalue weighted by atomic mass is 10.1. The maximum Gasteiger partial charge on any atom is 0.424 e. The molecule has 2 aromatic rings. The van der Waals surface area contributed by atoms with E-state index in [1.54, 1.807) is 12.1 Å². The maximum absolute atomic E-state index is 13.3. The Hall–Kier alpha value is -2.04. The van der Waals surface area contributed by atoms with Crippen LogP contribution in [0.3, 0.4) is 0 Å². The Morgan fingerprint density at radius 3 is 2.73 bits per heavy atom. The second-order valence-corrected chi connectivity index (χ2v) is 7.27. The highest BCUT2D eigenvalue weighted by Gasteiger charge is 2.41. The average molecular weight is 385 g/mol. The number of nitrogen functional groups attached to an aromatic ring is 1. The van der Waals surface area contributed by atoms with Gasteiger partial charge in [-0.15, -0.1) is 0 Å². The third kappa shape index (κ3) is 4.19. The Kier molecular flexibility index (Phi) is 5.54. The van der Waals surface area contributed by atoms with E-state index >= 15 is 0 Å². The molecule has 1 aliphatic rings. The van der Waals surface area contributed by atoms with Crippen LogP contribution in [0.15, 0.2) is 40.4 Å². The lowest BCUT2D eigenvalue weighted by Gasteiger charge is -2.24. The number of nitrogens with zero attached hydrogens (tertiary/aromatic N) is 2. The van der Waals surface area contributed by atoms with Gasteiger partial charge in [0.2, 0.25) is 5.95 Å². The van der Waals surface area contributed by atoms with Gasteiger partial charge in [0.1, 0.15) is 5.56 Å². The number of halogens is 3. The summed E-state index contributed by atoms with van der Waals surface area (Å²) in [5.74, 6) is 0.0181. The summed E-state index contributed by atoms with van der Waals surface area (Å²) >= 11 is -2.18. The predicted octanol–water partition coefficient (Wildman–Crippen LogP) is 2.41. The molecule has 26 heavy (non-hydrogen) atoms. The van der Waals surface area contributed by atoms with Crippen molar-refractivity contribution in [2.75, 3.05) is 24.1 Å². The molecule has 3 rings (SSSR count). The highest BCUT2D eigenvalue weighted by atomic mass is 32.2. The van der Waals surface area contributed by atoms with Crippen molar-refractivity contribution in [2.45, 2.75) is 35.0 Å². The molecule has 1 aromatic heterocycles. The van der Waals surface area contributed by atoms with Crippen molar-refractivity contribution in [3.05, 3.63) is 36.0 Å². The van der Waals surface area contributed by atoms with Crippen LogP contribution in [0.2, 0.25) is 0 Å². The molecule has 0 amide bonds. The number of hydrogen-bond acceptors (Lipinski definition) is 6. The van der Waals surface area contributed by atoms with E-state index in [9.17, 15) is 17.7 Å². The SMILES string of the molecule is Nc1ccccc1[S@@+]([O-])c1nc(N[C@H]2CCCNC2)ncc1C(F)(F)F. The van der Waals surface area contributed by atoms with Crippen LogP contribution in [-0.2, 0) is 17.4 Å². The fourth-order valence-corrected chi connectivity index (χ4v) is 3.91. The highest BCUT2D eigenvalue weighted by molar-refractivity contribution is 7.91. The van der Waals surface area contributed by atoms with E-state index in [1.165, 1.54) is 12.1 Å². The van der Waals surface area contributed by atoms with Crippen LogP contribution >= 0.6 is 0 Å². The van der Waals surface area contributed by atoms with E-state index in [-0.39, 0.29) is 22.6 Å². The number of nitrogens with one attached hydrogen (secondary N) is 2. The van der Waals surface area contributed by atoms with Gasteiger partial charge in [0.05, 0.1) is 11.9 Å². The molecule has 1 fully saturated rings. The second kappa shape index (κ2) is 7.68. The van der Waals surface area contributed by atoms with Gasteiger partial charge in [0, 0.05) is 23.8 Å². The molecule has 0 saturated carbocycles. The number of hydrogen-bond donors (Lipinski definition) is 3. The van der Waals surface area contributed by atoms with Crippen LogP contribution in [-0.4, -0.2) is 33.7 Å². The first-order chi connectivity index (χ1) is 12.4. The first-order valence-corrected chi connectivity index (χ1v) is 9.19. The number of piperidine rings is 1. The zero-order valence-electron chi connectivity index (χ0n) is 13.7. The Morgan fingerprint density at radius 2 is 2.08 bits per heavy atom. The summed E-state index contributed by atoms with van der Waals surface area (Å²) in [6, 6.07) is 6.08. The molecule has 10 heteroatoms. The standard InChI is InChI=1S/C16H18F3N5OS/c17-16(18,19)11-9-22-15(23-10-4-3-7-21-8-10)24-14(11)26(25)13-6-2-1-5-12(13)20/h1-2,5-6,9-10,21H,3-4,7-8,20H2,(H,22,23,24)/t10-,26+/m0/s1. The molecule has 0 radical (unpaired) electrons. The third-order valence-electron chi connectivity index (χ3n) is 3.98. The van der Waals surface area contributed by atoms with Crippen molar-refractivity contribution in [3.8, 4) is 0 Å². The molecule has 2 heterocycles. The zero-order chi connectivity index (χ0) is 18.7. The van der Waals surface area contributed by atoms with E-state index < -0.39 is 27.9 Å². The van der Waals surface area contributed by atoms with E-state index in [4.69, 9.17) is 5.73 Å². The molecule has 0 spiro atoms. The fraction of sp³-hybridized carbons (Fsp3) is 0.375. The van der Waals surface area contributed by atoms with E-state index in [0.717, 1.165) is 19.4 Å². The van der Waals surface area contributed by atoms with Crippen molar-refractivity contribution < 1.29 is 17.7 Å². The van der Waals surface area contributed by atoms with Gasteiger partial charge in [-0.25, -0.2) is 4.98 Å². The van der Waals surface area contributed by atoms with Gasteiger partial charge in [-0.2, -0.15) is 18.2 Å². The number of alkyl halides is 3. The Bertz CT molecular complexity index is 768. The van der Waals surface area contributed by atoms with Gasteiger partial charge in [0.25, 0.3) is 5.03 Å². The van der Waals surface area contributed by atoms with Crippen LogP contribution in [0.5, 0.6) is 0 Å². The lowest BCUT2D eigenvalue weighted by molar-refractivity contribution is -0.140. The summed E-state index contributed by atoms with van der Waals surface area (Å²) in [6.45, 7) is 1.56. The maximum atomic E-state index is 13.3. The Labute approximate surface area is 151 Å². The molecule has 0 aliphatic carbocycles. The van der Waals surface area contributed by atoms with Crippen LogP contribution in [0.25, 0.3) is 0 Å². The number of anilines is 2. The topological polar surface area (TPSA) is 98.9 Å². The Morgan fingerprint density at radius 1 is 1.31 bits per heavy atom. The molecule has 6 nitrogen and oxygen atoms in total. The third-order valence-corrected chi connectivity index (χ3v) is 5.42. The second-order valence-electron chi connectivity index (χ2n) is 5.90. The summed E-state index contributed by atoms with van der Waals surface area (Å²) < 4.78 is 52.8. The summed E-state index contributed by atoms with van der Waals surface area (Å²) in [7, 11) is 0. The summed E-state index contributed by atoms with van der Waals surface area (Å²) in [4.78, 5) is 7.77. The van der Waals surface area contributed by atoms with Gasteiger partial charge in [0.15, 0.2) is 4.90 Å². The highest BCUT2D eigenvalue weighted by Crippen LogP contribution is 2.36. The van der Waals surface area contributed by atoms with Crippen molar-refractivity contribution in [1.29, 1.82) is 0 Å². The van der Waals surface area contributed by atoms with Crippen molar-refractivity contribution in [2.24, 2.45) is 0 Å². The van der Waals surface area contributed by atoms with Crippen LogP contribution in [0.4, 0.5) is 24.8 Å². The molecule has 1 aromatic carbocycles. The molecule has 0 unspecified atom stereocenters. The van der Waals surface area contributed by atoms with E-state index in [0.29, 0.717) is 12.7 Å². The molecule has 140 valence electrons. The minimum Gasteiger partial charge on any atom is -0.605 e. The molecular formula is C16H18F3N5OS. The quantitative estimate of drug-likeness (QED) is 0.425. The predicted molar refractivity (Wildman–Crippen MR) is 92.1 cm³/mol. The molecule has 4 N–H and O–H groups in total. The number of para-hydroxylation sites is 1. The Balaban J connectivity index is 1.96. The van der Waals surface area contributed by atoms with Gasteiger partial charge in [-0.05, 0) is 31.5 Å². The molecule has 0 bridgehead atoms. The fourth-order valence-electron chi connectivity index (χ4n) is 2.68. The normalized spacial score (nSPS) is 19.2. The summed E-state index contributed by atoms with van der Waals surface area (Å²) in [6.07, 6.45) is -2.27. The minimum atomic E-state index is -4.72. The lowest BCUT2D eigenvalue weighted by Crippen LogP contribution is -2.39. The first-order valence-electron chi connectivity index (χ1n) is 8.04. The van der Waals surface area contributed by atoms with Gasteiger partial charge in [-0.3, -0.25) is 0 Å². The van der Waals surface area contributed by atoms with E-state index in [1.807, 2.05) is 0 Å². The number of aromatic nitrogens is 2. The van der Waals surface area contributed by atoms with Crippen molar-refractivity contribution >= 4 is 22.8 Å². The number of rotatable bonds is 4. The summed E-state index contributed by atoms with van der Waals surface area (Å²) in [5, 5.41) is 5.59. The number of benzene rings is 1. The van der Waals surface area contributed by atoms with Crippen molar-refractivity contribution in [3.63, 3.8) is 0 Å². The van der Waals surface area contributed by atoms with Gasteiger partial charge >= 0.3 is 6.18 Å². The van der Waals surface area contributed by atoms with Crippen LogP contribution in [0, 0.1) is 0 Å². The molecular weight excluding hydrogens is 367 g/mol. The van der Waals surface area contributed by atoms with Gasteiger partial charge < -0.3 is 20.9 Å². The van der Waals surface area contributed by atoms with Crippen LogP contribution in [0.1, 0.15) is 18.4 Å². The molecule has 1 aliphatic heterocycles. The minimum absolute atomic E-state index is 0.00330. The van der Waals surface area contributed by atoms with E-state index in [2.05, 4.69) is 20.6 Å². The van der Waals surface area contributed by atoms with Crippen molar-refractivity contribution in [1.82, 2.24) is 15.3 Å². The first kappa shape index (κ1) is 18.7. The molecule has 1 saturated heterocycles. The summed E-state index contributed by atoms with van der Waals surface area (Å²) in [5.41, 5.74) is 4.77. The zero-order valence-corrected chi connectivity index (χ0v) is 14.5.